The lowest BCUT2D eigenvalue weighted by atomic mass is 10.1. The van der Waals surface area contributed by atoms with Crippen LogP contribution in [0.15, 0.2) is 60.8 Å². The van der Waals surface area contributed by atoms with Crippen molar-refractivity contribution in [3.63, 3.8) is 0 Å². The zero-order valence-electron chi connectivity index (χ0n) is 11.8. The highest BCUT2D eigenvalue weighted by atomic mass is 16.6. The van der Waals surface area contributed by atoms with Crippen LogP contribution in [0.2, 0.25) is 0 Å². The molecule has 1 aromatic heterocycles. The number of nitro benzene ring substituents is 1. The molecule has 1 heterocycles. The Morgan fingerprint density at radius 3 is 2.50 bits per heavy atom. The highest BCUT2D eigenvalue weighted by Crippen LogP contribution is 2.17. The zero-order chi connectivity index (χ0) is 15.5. The molecule has 0 bridgehead atoms. The van der Waals surface area contributed by atoms with Crippen LogP contribution in [0.4, 0.5) is 5.69 Å². The maximum absolute atomic E-state index is 12.3. The van der Waals surface area contributed by atoms with E-state index >= 15 is 0 Å². The Morgan fingerprint density at radius 2 is 1.77 bits per heavy atom. The van der Waals surface area contributed by atoms with Crippen molar-refractivity contribution in [3.8, 4) is 0 Å². The Kier molecular flexibility index (Phi) is 3.70. The van der Waals surface area contributed by atoms with E-state index in [1.807, 2.05) is 30.3 Å². The quantitative estimate of drug-likeness (QED) is 0.542. The molecule has 0 unspecified atom stereocenters. The molecule has 2 aromatic carbocycles. The predicted octanol–water partition coefficient (Wildman–Crippen LogP) is 3.82. The number of carbonyl (C=O) groups excluding carboxylic acids is 1. The van der Waals surface area contributed by atoms with Gasteiger partial charge in [0.05, 0.1) is 10.4 Å². The fraction of sp³-hybridized carbons (Fsp3) is 0.118. The van der Waals surface area contributed by atoms with E-state index in [1.165, 1.54) is 12.1 Å². The molecular formula is C17H14N2O3. The molecule has 0 saturated carbocycles. The lowest BCUT2D eigenvalue weighted by molar-refractivity contribution is -0.384. The molecule has 0 saturated heterocycles. The number of fused-ring (bicyclic) bond motifs is 1. The van der Waals surface area contributed by atoms with Crippen molar-refractivity contribution in [1.29, 1.82) is 0 Å². The van der Waals surface area contributed by atoms with Gasteiger partial charge in [-0.05, 0) is 24.1 Å². The van der Waals surface area contributed by atoms with Gasteiger partial charge >= 0.3 is 0 Å². The number of carbonyl (C=O) groups is 1. The van der Waals surface area contributed by atoms with Crippen LogP contribution in [-0.2, 0) is 6.42 Å². The minimum Gasteiger partial charge on any atom is -0.287 e. The van der Waals surface area contributed by atoms with Crippen LogP contribution in [0, 0.1) is 10.1 Å². The molecule has 0 aliphatic heterocycles. The summed E-state index contributed by atoms with van der Waals surface area (Å²) in [5.41, 5.74) is 1.87. The van der Waals surface area contributed by atoms with Gasteiger partial charge in [-0.15, -0.1) is 0 Å². The van der Waals surface area contributed by atoms with Gasteiger partial charge in [-0.2, -0.15) is 0 Å². The molecule has 0 amide bonds. The summed E-state index contributed by atoms with van der Waals surface area (Å²) in [6.07, 6.45) is 2.70. The summed E-state index contributed by atoms with van der Waals surface area (Å²) in [5, 5.41) is 11.6. The monoisotopic (exact) mass is 294 g/mol. The summed E-state index contributed by atoms with van der Waals surface area (Å²) < 4.78 is 1.65. The molecular weight excluding hydrogens is 280 g/mol. The Balaban J connectivity index is 1.71. The molecule has 0 fully saturated rings. The van der Waals surface area contributed by atoms with Crippen molar-refractivity contribution >= 4 is 22.5 Å². The summed E-state index contributed by atoms with van der Waals surface area (Å²) in [7, 11) is 0. The van der Waals surface area contributed by atoms with Crippen molar-refractivity contribution < 1.29 is 9.72 Å². The van der Waals surface area contributed by atoms with Crippen LogP contribution in [0.5, 0.6) is 0 Å². The molecule has 110 valence electrons. The summed E-state index contributed by atoms with van der Waals surface area (Å²) in [6.45, 7) is 0. The maximum Gasteiger partial charge on any atom is 0.269 e. The van der Waals surface area contributed by atoms with Crippen molar-refractivity contribution in [3.05, 3.63) is 76.5 Å². The van der Waals surface area contributed by atoms with Gasteiger partial charge in [0.1, 0.15) is 0 Å². The van der Waals surface area contributed by atoms with Crippen LogP contribution in [-0.4, -0.2) is 15.4 Å². The van der Waals surface area contributed by atoms with Crippen LogP contribution in [0.3, 0.4) is 0 Å². The fourth-order valence-corrected chi connectivity index (χ4v) is 2.46. The second-order valence-corrected chi connectivity index (χ2v) is 5.06. The highest BCUT2D eigenvalue weighted by Gasteiger charge is 2.09. The number of non-ortho nitro benzene ring substituents is 1. The number of nitro groups is 1. The second kappa shape index (κ2) is 5.81. The number of hydrogen-bond donors (Lipinski definition) is 0. The van der Waals surface area contributed by atoms with E-state index in [4.69, 9.17) is 0 Å². The molecule has 0 aliphatic carbocycles. The van der Waals surface area contributed by atoms with Crippen LogP contribution in [0.25, 0.3) is 10.9 Å². The third-order valence-corrected chi connectivity index (χ3v) is 3.64. The normalized spacial score (nSPS) is 10.7. The summed E-state index contributed by atoms with van der Waals surface area (Å²) in [4.78, 5) is 22.5. The molecule has 5 nitrogen and oxygen atoms in total. The number of benzene rings is 2. The van der Waals surface area contributed by atoms with Crippen LogP contribution in [0.1, 0.15) is 16.8 Å². The van der Waals surface area contributed by atoms with Crippen molar-refractivity contribution in [2.24, 2.45) is 0 Å². The van der Waals surface area contributed by atoms with Gasteiger partial charge in [0.2, 0.25) is 5.91 Å². The third-order valence-electron chi connectivity index (χ3n) is 3.64. The number of nitrogens with zero attached hydrogens (tertiary/aromatic N) is 2. The molecule has 0 radical (unpaired) electrons. The van der Waals surface area contributed by atoms with Crippen molar-refractivity contribution in [2.45, 2.75) is 12.8 Å². The number of aryl methyl sites for hydroxylation is 1. The van der Waals surface area contributed by atoms with Gasteiger partial charge in [-0.3, -0.25) is 19.5 Å². The topological polar surface area (TPSA) is 65.1 Å². The zero-order valence-corrected chi connectivity index (χ0v) is 11.8. The standard InChI is InChI=1S/C17H14N2O3/c20-17(18-12-11-14-3-1-2-4-16(14)18)10-7-13-5-8-15(9-6-13)19(21)22/h1-6,8-9,11-12H,7,10H2. The Morgan fingerprint density at radius 1 is 1.05 bits per heavy atom. The second-order valence-electron chi connectivity index (χ2n) is 5.06. The molecule has 0 aliphatic rings. The molecule has 0 spiro atoms. The van der Waals surface area contributed by atoms with E-state index < -0.39 is 4.92 Å². The predicted molar refractivity (Wildman–Crippen MR) is 84.0 cm³/mol. The van der Waals surface area contributed by atoms with E-state index in [9.17, 15) is 14.9 Å². The SMILES string of the molecule is O=C(CCc1ccc([N+](=O)[O-])cc1)n1ccc2ccccc21. The van der Waals surface area contributed by atoms with Gasteiger partial charge in [-0.25, -0.2) is 0 Å². The van der Waals surface area contributed by atoms with E-state index in [1.54, 1.807) is 22.9 Å². The third kappa shape index (κ3) is 2.74. The minimum atomic E-state index is -0.430. The van der Waals surface area contributed by atoms with E-state index in [2.05, 4.69) is 0 Å². The maximum atomic E-state index is 12.3. The molecule has 3 aromatic rings. The van der Waals surface area contributed by atoms with Gasteiger partial charge in [0.15, 0.2) is 0 Å². The average Bonchev–Trinajstić information content (AvgIpc) is 2.97. The number of hydrogen-bond acceptors (Lipinski definition) is 3. The van der Waals surface area contributed by atoms with Crippen LogP contribution >= 0.6 is 0 Å². The number of rotatable bonds is 4. The lowest BCUT2D eigenvalue weighted by Gasteiger charge is -2.04. The Labute approximate surface area is 126 Å². The first kappa shape index (κ1) is 14.0. The average molecular weight is 294 g/mol. The van der Waals surface area contributed by atoms with E-state index in [0.717, 1.165) is 16.5 Å². The first-order valence-electron chi connectivity index (χ1n) is 6.98. The lowest BCUT2D eigenvalue weighted by Crippen LogP contribution is -2.10. The summed E-state index contributed by atoms with van der Waals surface area (Å²) in [5.74, 6) is 0.0135. The minimum absolute atomic E-state index is 0.0135. The van der Waals surface area contributed by atoms with E-state index in [0.29, 0.717) is 12.8 Å². The van der Waals surface area contributed by atoms with E-state index in [-0.39, 0.29) is 11.6 Å². The number of para-hydroxylation sites is 1. The largest absolute Gasteiger partial charge is 0.287 e. The van der Waals surface area contributed by atoms with Gasteiger partial charge in [0.25, 0.3) is 5.69 Å². The Hall–Kier alpha value is -2.95. The van der Waals surface area contributed by atoms with Gasteiger partial charge < -0.3 is 0 Å². The Bertz CT molecular complexity index is 834. The molecule has 0 atom stereocenters. The van der Waals surface area contributed by atoms with Gasteiger partial charge in [-0.1, -0.05) is 30.3 Å². The van der Waals surface area contributed by atoms with Crippen molar-refractivity contribution in [1.82, 2.24) is 4.57 Å². The summed E-state index contributed by atoms with van der Waals surface area (Å²) >= 11 is 0. The van der Waals surface area contributed by atoms with Crippen molar-refractivity contribution in [2.75, 3.05) is 0 Å². The highest BCUT2D eigenvalue weighted by molar-refractivity contribution is 5.92. The molecule has 0 N–H and O–H groups in total. The molecule has 5 heteroatoms. The first-order chi connectivity index (χ1) is 10.6. The number of aromatic nitrogens is 1. The summed E-state index contributed by atoms with van der Waals surface area (Å²) in [6, 6.07) is 16.0. The van der Waals surface area contributed by atoms with Gasteiger partial charge in [0, 0.05) is 30.1 Å². The molecule has 22 heavy (non-hydrogen) atoms. The smallest absolute Gasteiger partial charge is 0.269 e. The molecule has 3 rings (SSSR count). The van der Waals surface area contributed by atoms with Crippen LogP contribution < -0.4 is 0 Å². The fourth-order valence-electron chi connectivity index (χ4n) is 2.46. The first-order valence-corrected chi connectivity index (χ1v) is 6.98.